The summed E-state index contributed by atoms with van der Waals surface area (Å²) in [6, 6.07) is 11.5. The van der Waals surface area contributed by atoms with E-state index in [0.717, 1.165) is 6.07 Å². The largest absolute Gasteiger partial charge is 0.465 e. The van der Waals surface area contributed by atoms with Crippen LogP contribution in [0.25, 0.3) is 0 Å². The van der Waals surface area contributed by atoms with Gasteiger partial charge in [0.15, 0.2) is 0 Å². The number of benzene rings is 2. The van der Waals surface area contributed by atoms with Crippen molar-refractivity contribution in [2.45, 2.75) is 13.2 Å². The van der Waals surface area contributed by atoms with Crippen molar-refractivity contribution in [3.05, 3.63) is 65.2 Å². The molecular formula is C19H17F2NO6. The first-order valence-electron chi connectivity index (χ1n) is 8.05. The Kier molecular flexibility index (Phi) is 7.44. The van der Waals surface area contributed by atoms with Crippen molar-refractivity contribution < 1.29 is 37.4 Å². The summed E-state index contributed by atoms with van der Waals surface area (Å²) in [6.07, 6.45) is 0. The lowest BCUT2D eigenvalue weighted by Gasteiger charge is -2.08. The number of methoxy groups -OCH3 is 1. The number of ether oxygens (including phenoxy) is 3. The van der Waals surface area contributed by atoms with Crippen molar-refractivity contribution in [2.75, 3.05) is 13.7 Å². The highest BCUT2D eigenvalue weighted by Gasteiger charge is 2.12. The quantitative estimate of drug-likeness (QED) is 0.693. The molecule has 2 rings (SSSR count). The molecule has 0 saturated heterocycles. The van der Waals surface area contributed by atoms with E-state index in [1.165, 1.54) is 37.4 Å². The molecule has 2 aromatic carbocycles. The van der Waals surface area contributed by atoms with E-state index in [1.807, 2.05) is 0 Å². The summed E-state index contributed by atoms with van der Waals surface area (Å²) in [5.41, 5.74) is 1.07. The molecule has 0 spiro atoms. The standard InChI is InChI=1S/C19H17F2NO6/c1-26-18(25)13-7-5-12(6-8-13)11-27-16(23)10-22-17(24)14-3-2-4-15(9-14)28-19(20)21/h2-9,19H,10-11H2,1H3,(H,22,24). The van der Waals surface area contributed by atoms with Crippen LogP contribution < -0.4 is 10.1 Å². The van der Waals surface area contributed by atoms with Crippen LogP contribution in [0.2, 0.25) is 0 Å². The molecule has 1 amide bonds. The fourth-order valence-corrected chi connectivity index (χ4v) is 2.14. The maximum absolute atomic E-state index is 12.2. The highest BCUT2D eigenvalue weighted by atomic mass is 19.3. The van der Waals surface area contributed by atoms with Crippen molar-refractivity contribution in [1.29, 1.82) is 0 Å². The Morgan fingerprint density at radius 2 is 1.75 bits per heavy atom. The van der Waals surface area contributed by atoms with E-state index in [1.54, 1.807) is 12.1 Å². The zero-order valence-corrected chi connectivity index (χ0v) is 14.8. The van der Waals surface area contributed by atoms with E-state index in [9.17, 15) is 23.2 Å². The first kappa shape index (κ1) is 20.8. The summed E-state index contributed by atoms with van der Waals surface area (Å²) in [6.45, 7) is -3.46. The van der Waals surface area contributed by atoms with E-state index in [4.69, 9.17) is 4.74 Å². The molecule has 0 aliphatic heterocycles. The third kappa shape index (κ3) is 6.35. The summed E-state index contributed by atoms with van der Waals surface area (Å²) < 4.78 is 38.2. The minimum absolute atomic E-state index is 0.0477. The molecular weight excluding hydrogens is 376 g/mol. The van der Waals surface area contributed by atoms with Gasteiger partial charge in [0, 0.05) is 5.56 Å². The maximum atomic E-state index is 12.2. The molecule has 0 saturated carbocycles. The van der Waals surface area contributed by atoms with Crippen LogP contribution in [0.15, 0.2) is 48.5 Å². The van der Waals surface area contributed by atoms with Crippen molar-refractivity contribution in [3.63, 3.8) is 0 Å². The second-order valence-corrected chi connectivity index (χ2v) is 5.44. The number of hydrogen-bond donors (Lipinski definition) is 1. The topological polar surface area (TPSA) is 90.9 Å². The van der Waals surface area contributed by atoms with E-state index in [-0.39, 0.29) is 17.9 Å². The Morgan fingerprint density at radius 3 is 2.39 bits per heavy atom. The number of esters is 2. The number of hydrogen-bond acceptors (Lipinski definition) is 6. The van der Waals surface area contributed by atoms with Crippen molar-refractivity contribution in [2.24, 2.45) is 0 Å². The minimum Gasteiger partial charge on any atom is -0.465 e. The lowest BCUT2D eigenvalue weighted by molar-refractivity contribution is -0.143. The first-order chi connectivity index (χ1) is 13.4. The molecule has 2 aromatic rings. The Bertz CT molecular complexity index is 839. The number of carbonyl (C=O) groups is 3. The van der Waals surface area contributed by atoms with Gasteiger partial charge in [-0.3, -0.25) is 9.59 Å². The lowest BCUT2D eigenvalue weighted by atomic mass is 10.1. The van der Waals surface area contributed by atoms with Gasteiger partial charge in [-0.2, -0.15) is 8.78 Å². The van der Waals surface area contributed by atoms with Gasteiger partial charge < -0.3 is 19.5 Å². The Balaban J connectivity index is 1.80. The Hall–Kier alpha value is -3.49. The number of rotatable bonds is 8. The second kappa shape index (κ2) is 10.0. The summed E-state index contributed by atoms with van der Waals surface area (Å²) in [5, 5.41) is 2.33. The third-order valence-electron chi connectivity index (χ3n) is 3.49. The molecule has 0 radical (unpaired) electrons. The molecule has 1 N–H and O–H groups in total. The van der Waals surface area contributed by atoms with E-state index in [0.29, 0.717) is 11.1 Å². The number of alkyl halides is 2. The average Bonchev–Trinajstić information content (AvgIpc) is 2.70. The molecule has 28 heavy (non-hydrogen) atoms. The molecule has 0 heterocycles. The highest BCUT2D eigenvalue weighted by molar-refractivity contribution is 5.96. The van der Waals surface area contributed by atoms with Crippen LogP contribution in [0.5, 0.6) is 5.75 Å². The number of carbonyl (C=O) groups excluding carboxylic acids is 3. The van der Waals surface area contributed by atoms with Crippen LogP contribution in [0, 0.1) is 0 Å². The molecule has 0 unspecified atom stereocenters. The van der Waals surface area contributed by atoms with Crippen LogP contribution in [0.4, 0.5) is 8.78 Å². The van der Waals surface area contributed by atoms with Gasteiger partial charge in [0.1, 0.15) is 18.9 Å². The molecule has 0 fully saturated rings. The lowest BCUT2D eigenvalue weighted by Crippen LogP contribution is -2.30. The molecule has 7 nitrogen and oxygen atoms in total. The molecule has 0 bridgehead atoms. The predicted molar refractivity (Wildman–Crippen MR) is 93.0 cm³/mol. The van der Waals surface area contributed by atoms with E-state index >= 15 is 0 Å². The Morgan fingerprint density at radius 1 is 1.04 bits per heavy atom. The van der Waals surface area contributed by atoms with Crippen LogP contribution in [0.3, 0.4) is 0 Å². The van der Waals surface area contributed by atoms with Crippen LogP contribution in [-0.2, 0) is 20.9 Å². The van der Waals surface area contributed by atoms with Crippen LogP contribution in [-0.4, -0.2) is 38.1 Å². The zero-order valence-electron chi connectivity index (χ0n) is 14.8. The summed E-state index contributed by atoms with van der Waals surface area (Å²) in [7, 11) is 1.27. The number of nitrogens with one attached hydrogen (secondary N) is 1. The SMILES string of the molecule is COC(=O)c1ccc(COC(=O)CNC(=O)c2cccc(OC(F)F)c2)cc1. The fraction of sp³-hybridized carbons (Fsp3) is 0.211. The number of halogens is 2. The normalized spacial score (nSPS) is 10.3. The first-order valence-corrected chi connectivity index (χ1v) is 8.05. The van der Waals surface area contributed by atoms with Crippen LogP contribution >= 0.6 is 0 Å². The predicted octanol–water partition coefficient (Wildman–Crippen LogP) is 2.55. The maximum Gasteiger partial charge on any atom is 0.387 e. The van der Waals surface area contributed by atoms with Crippen molar-refractivity contribution in [1.82, 2.24) is 5.32 Å². The van der Waals surface area contributed by atoms with Gasteiger partial charge in [-0.05, 0) is 35.9 Å². The third-order valence-corrected chi connectivity index (χ3v) is 3.49. The van der Waals surface area contributed by atoms with Crippen molar-refractivity contribution >= 4 is 17.8 Å². The summed E-state index contributed by atoms with van der Waals surface area (Å²) in [5.74, 6) is -1.97. The molecule has 0 aromatic heterocycles. The summed E-state index contributed by atoms with van der Waals surface area (Å²) >= 11 is 0. The van der Waals surface area contributed by atoms with Gasteiger partial charge >= 0.3 is 18.6 Å². The second-order valence-electron chi connectivity index (χ2n) is 5.44. The Labute approximate surface area is 159 Å². The van der Waals surface area contributed by atoms with Gasteiger partial charge in [-0.1, -0.05) is 18.2 Å². The average molecular weight is 393 g/mol. The number of amides is 1. The monoisotopic (exact) mass is 393 g/mol. The van der Waals surface area contributed by atoms with Crippen molar-refractivity contribution in [3.8, 4) is 5.75 Å². The highest BCUT2D eigenvalue weighted by Crippen LogP contribution is 2.15. The molecule has 0 atom stereocenters. The molecule has 9 heteroatoms. The zero-order chi connectivity index (χ0) is 20.5. The summed E-state index contributed by atoms with van der Waals surface area (Å²) in [4.78, 5) is 35.1. The van der Waals surface area contributed by atoms with Gasteiger partial charge in [0.2, 0.25) is 0 Å². The molecule has 0 aliphatic rings. The van der Waals surface area contributed by atoms with E-state index < -0.39 is 31.0 Å². The van der Waals surface area contributed by atoms with E-state index in [2.05, 4.69) is 14.8 Å². The van der Waals surface area contributed by atoms with Gasteiger partial charge in [-0.15, -0.1) is 0 Å². The fourth-order valence-electron chi connectivity index (χ4n) is 2.14. The van der Waals surface area contributed by atoms with Crippen LogP contribution in [0.1, 0.15) is 26.3 Å². The molecule has 0 aliphatic carbocycles. The molecule has 148 valence electrons. The minimum atomic E-state index is -3.00. The van der Waals surface area contributed by atoms with Gasteiger partial charge in [0.05, 0.1) is 12.7 Å². The van der Waals surface area contributed by atoms with Gasteiger partial charge in [0.25, 0.3) is 5.91 Å². The smallest absolute Gasteiger partial charge is 0.387 e. The van der Waals surface area contributed by atoms with Gasteiger partial charge in [-0.25, -0.2) is 4.79 Å².